The molecule has 0 saturated carbocycles. The topological polar surface area (TPSA) is 40.5 Å². The fourth-order valence-corrected chi connectivity index (χ4v) is 0.349. The molecule has 0 aliphatic carbocycles. The highest BCUT2D eigenvalue weighted by Gasteiger charge is 1.85. The van der Waals surface area contributed by atoms with Gasteiger partial charge in [-0.05, 0) is 19.9 Å². The standard InChI is InChI=1S/C5H10O2/c1-4(6)3-5(2)7/h3-4,6-7H,1-2H3. The normalized spacial score (nSPS) is 16.7. The number of hydrogen-bond acceptors (Lipinski definition) is 2. The van der Waals surface area contributed by atoms with E-state index in [2.05, 4.69) is 0 Å². The van der Waals surface area contributed by atoms with Crippen LogP contribution in [0.2, 0.25) is 0 Å². The fourth-order valence-electron chi connectivity index (χ4n) is 0.349. The summed E-state index contributed by atoms with van der Waals surface area (Å²) in [5.74, 6) is 0.162. The zero-order valence-corrected chi connectivity index (χ0v) is 4.55. The van der Waals surface area contributed by atoms with Gasteiger partial charge in [-0.3, -0.25) is 0 Å². The maximum atomic E-state index is 8.49. The summed E-state index contributed by atoms with van der Waals surface area (Å²) in [5, 5.41) is 16.9. The van der Waals surface area contributed by atoms with Gasteiger partial charge in [0.05, 0.1) is 11.9 Å². The van der Waals surface area contributed by atoms with E-state index in [4.69, 9.17) is 10.2 Å². The summed E-state index contributed by atoms with van der Waals surface area (Å²) in [4.78, 5) is 0. The molecular formula is C5H10O2. The van der Waals surface area contributed by atoms with E-state index in [0.717, 1.165) is 0 Å². The van der Waals surface area contributed by atoms with Crippen LogP contribution in [0.15, 0.2) is 11.8 Å². The maximum Gasteiger partial charge on any atom is 0.0877 e. The molecule has 0 heterocycles. The highest BCUT2D eigenvalue weighted by atomic mass is 16.3. The van der Waals surface area contributed by atoms with E-state index < -0.39 is 6.10 Å². The van der Waals surface area contributed by atoms with E-state index in [1.807, 2.05) is 0 Å². The molecule has 0 aliphatic heterocycles. The van der Waals surface area contributed by atoms with Crippen LogP contribution < -0.4 is 0 Å². The smallest absolute Gasteiger partial charge is 0.0877 e. The van der Waals surface area contributed by atoms with E-state index in [0.29, 0.717) is 0 Å². The van der Waals surface area contributed by atoms with Crippen LogP contribution in [0.3, 0.4) is 0 Å². The molecule has 0 saturated heterocycles. The van der Waals surface area contributed by atoms with Crippen molar-refractivity contribution in [1.29, 1.82) is 0 Å². The summed E-state index contributed by atoms with van der Waals surface area (Å²) in [6.07, 6.45) is 0.824. The lowest BCUT2D eigenvalue weighted by Crippen LogP contribution is -1.93. The van der Waals surface area contributed by atoms with E-state index in [1.165, 1.54) is 13.0 Å². The largest absolute Gasteiger partial charge is 0.513 e. The van der Waals surface area contributed by atoms with Crippen molar-refractivity contribution in [2.45, 2.75) is 20.0 Å². The zero-order chi connectivity index (χ0) is 5.86. The molecule has 0 radical (unpaired) electrons. The van der Waals surface area contributed by atoms with E-state index in [1.54, 1.807) is 6.92 Å². The SMILES string of the molecule is CC(O)=CC(C)O. The van der Waals surface area contributed by atoms with Crippen LogP contribution in [0.5, 0.6) is 0 Å². The predicted octanol–water partition coefficient (Wildman–Crippen LogP) is 0.829. The van der Waals surface area contributed by atoms with Gasteiger partial charge in [-0.15, -0.1) is 0 Å². The van der Waals surface area contributed by atoms with Crippen LogP contribution in [-0.4, -0.2) is 16.3 Å². The molecule has 0 rings (SSSR count). The second-order valence-electron chi connectivity index (χ2n) is 1.55. The lowest BCUT2D eigenvalue weighted by atomic mass is 10.3. The predicted molar refractivity (Wildman–Crippen MR) is 28.1 cm³/mol. The van der Waals surface area contributed by atoms with Gasteiger partial charge in [-0.1, -0.05) is 0 Å². The van der Waals surface area contributed by atoms with Crippen LogP contribution in [0.25, 0.3) is 0 Å². The van der Waals surface area contributed by atoms with Crippen LogP contribution in [0.4, 0.5) is 0 Å². The second kappa shape index (κ2) is 2.64. The van der Waals surface area contributed by atoms with Crippen molar-refractivity contribution in [3.8, 4) is 0 Å². The number of aliphatic hydroxyl groups is 2. The van der Waals surface area contributed by atoms with Gasteiger partial charge >= 0.3 is 0 Å². The van der Waals surface area contributed by atoms with Gasteiger partial charge in [-0.25, -0.2) is 0 Å². The highest BCUT2D eigenvalue weighted by Crippen LogP contribution is 1.87. The summed E-state index contributed by atoms with van der Waals surface area (Å²) in [6.45, 7) is 3.10. The van der Waals surface area contributed by atoms with Crippen molar-refractivity contribution in [3.63, 3.8) is 0 Å². The lowest BCUT2D eigenvalue weighted by Gasteiger charge is -1.91. The molecule has 0 aromatic heterocycles. The van der Waals surface area contributed by atoms with Crippen LogP contribution in [-0.2, 0) is 0 Å². The summed E-state index contributed by atoms with van der Waals surface area (Å²) < 4.78 is 0. The first-order valence-corrected chi connectivity index (χ1v) is 2.18. The van der Waals surface area contributed by atoms with Crippen LogP contribution in [0, 0.1) is 0 Å². The average molecular weight is 102 g/mol. The Morgan fingerprint density at radius 3 is 2.14 bits per heavy atom. The van der Waals surface area contributed by atoms with Crippen molar-refractivity contribution in [3.05, 3.63) is 11.8 Å². The van der Waals surface area contributed by atoms with Crippen molar-refractivity contribution in [2.24, 2.45) is 0 Å². The fraction of sp³-hybridized carbons (Fsp3) is 0.600. The molecule has 0 aromatic rings. The van der Waals surface area contributed by atoms with Gasteiger partial charge in [0.15, 0.2) is 0 Å². The second-order valence-corrected chi connectivity index (χ2v) is 1.55. The first kappa shape index (κ1) is 6.50. The van der Waals surface area contributed by atoms with Gasteiger partial charge in [0, 0.05) is 0 Å². The molecule has 42 valence electrons. The molecule has 0 spiro atoms. The molecule has 0 aromatic carbocycles. The van der Waals surface area contributed by atoms with Crippen molar-refractivity contribution < 1.29 is 10.2 Å². The van der Waals surface area contributed by atoms with E-state index in [9.17, 15) is 0 Å². The maximum absolute atomic E-state index is 8.49. The molecule has 0 bridgehead atoms. The average Bonchev–Trinajstić information content (AvgIpc) is 1.27. The van der Waals surface area contributed by atoms with Gasteiger partial charge in [0.1, 0.15) is 0 Å². The van der Waals surface area contributed by atoms with E-state index in [-0.39, 0.29) is 5.76 Å². The van der Waals surface area contributed by atoms with Crippen molar-refractivity contribution in [2.75, 3.05) is 0 Å². The monoisotopic (exact) mass is 102 g/mol. The van der Waals surface area contributed by atoms with Crippen LogP contribution >= 0.6 is 0 Å². The minimum absolute atomic E-state index is 0.162. The van der Waals surface area contributed by atoms with Gasteiger partial charge in [0.25, 0.3) is 0 Å². The Labute approximate surface area is 43.1 Å². The Balaban J connectivity index is 3.45. The Morgan fingerprint density at radius 1 is 1.71 bits per heavy atom. The van der Waals surface area contributed by atoms with Crippen molar-refractivity contribution >= 4 is 0 Å². The number of rotatable bonds is 1. The summed E-state index contributed by atoms with van der Waals surface area (Å²) >= 11 is 0. The highest BCUT2D eigenvalue weighted by molar-refractivity contribution is 4.89. The van der Waals surface area contributed by atoms with Gasteiger partial charge in [-0.2, -0.15) is 0 Å². The summed E-state index contributed by atoms with van der Waals surface area (Å²) in [5.41, 5.74) is 0. The minimum atomic E-state index is -0.537. The molecule has 0 aliphatic rings. The van der Waals surface area contributed by atoms with Gasteiger partial charge in [0.2, 0.25) is 0 Å². The van der Waals surface area contributed by atoms with Crippen molar-refractivity contribution in [1.82, 2.24) is 0 Å². The third-order valence-corrected chi connectivity index (χ3v) is 0.482. The summed E-state index contributed by atoms with van der Waals surface area (Å²) in [6, 6.07) is 0. The quantitative estimate of drug-likeness (QED) is 0.481. The number of hydrogen-bond donors (Lipinski definition) is 2. The molecule has 0 amide bonds. The molecule has 2 N–H and O–H groups in total. The molecule has 2 nitrogen and oxygen atoms in total. The molecule has 0 fully saturated rings. The Hall–Kier alpha value is -0.500. The lowest BCUT2D eigenvalue weighted by molar-refractivity contribution is 0.237. The Morgan fingerprint density at radius 2 is 2.14 bits per heavy atom. The molecule has 2 heteroatoms. The Bertz CT molecular complexity index is 70.1. The minimum Gasteiger partial charge on any atom is -0.513 e. The zero-order valence-electron chi connectivity index (χ0n) is 4.55. The molecule has 1 unspecified atom stereocenters. The number of aliphatic hydroxyl groups excluding tert-OH is 2. The summed E-state index contributed by atoms with van der Waals surface area (Å²) in [7, 11) is 0. The van der Waals surface area contributed by atoms with Crippen LogP contribution in [0.1, 0.15) is 13.8 Å². The molecule has 1 atom stereocenters. The molecular weight excluding hydrogens is 92.1 g/mol. The first-order valence-electron chi connectivity index (χ1n) is 2.18. The first-order chi connectivity index (χ1) is 3.13. The third kappa shape index (κ3) is 5.50. The Kier molecular flexibility index (Phi) is 2.45. The molecule has 7 heavy (non-hydrogen) atoms. The van der Waals surface area contributed by atoms with E-state index >= 15 is 0 Å². The van der Waals surface area contributed by atoms with Gasteiger partial charge < -0.3 is 10.2 Å². The number of allylic oxidation sites excluding steroid dienone is 1. The third-order valence-electron chi connectivity index (χ3n) is 0.482.